The van der Waals surface area contributed by atoms with Crippen molar-refractivity contribution >= 4 is 0 Å². The lowest BCUT2D eigenvalue weighted by Crippen LogP contribution is -2.31. The van der Waals surface area contributed by atoms with E-state index >= 15 is 0 Å². The van der Waals surface area contributed by atoms with E-state index in [-0.39, 0.29) is 0 Å². The summed E-state index contributed by atoms with van der Waals surface area (Å²) in [6.07, 6.45) is 2.11. The van der Waals surface area contributed by atoms with Crippen molar-refractivity contribution in [1.82, 2.24) is 14.7 Å². The highest BCUT2D eigenvalue weighted by Crippen LogP contribution is 2.24. The third-order valence-electron chi connectivity index (χ3n) is 3.69. The van der Waals surface area contributed by atoms with E-state index in [1.54, 1.807) is 0 Å². The number of nitrogens with two attached hydrogens (primary N) is 1. The van der Waals surface area contributed by atoms with Gasteiger partial charge in [0.1, 0.15) is 0 Å². The SMILES string of the molecule is Cc1nn(C)cc1C(C)N(CCN)Cc1ccccc1. The van der Waals surface area contributed by atoms with Crippen LogP contribution in [0.15, 0.2) is 36.5 Å². The van der Waals surface area contributed by atoms with Crippen LogP contribution in [0, 0.1) is 6.92 Å². The van der Waals surface area contributed by atoms with Gasteiger partial charge in [0.2, 0.25) is 0 Å². The first kappa shape index (κ1) is 14.8. The summed E-state index contributed by atoms with van der Waals surface area (Å²) in [5.74, 6) is 0. The van der Waals surface area contributed by atoms with Crippen molar-refractivity contribution in [1.29, 1.82) is 0 Å². The van der Waals surface area contributed by atoms with Gasteiger partial charge in [-0.25, -0.2) is 0 Å². The molecule has 1 aromatic heterocycles. The summed E-state index contributed by atoms with van der Waals surface area (Å²) >= 11 is 0. The third-order valence-corrected chi connectivity index (χ3v) is 3.69. The number of nitrogens with zero attached hydrogens (tertiary/aromatic N) is 3. The lowest BCUT2D eigenvalue weighted by molar-refractivity contribution is 0.207. The first-order chi connectivity index (χ1) is 9.61. The average molecular weight is 272 g/mol. The van der Waals surface area contributed by atoms with Gasteiger partial charge >= 0.3 is 0 Å². The van der Waals surface area contributed by atoms with Gasteiger partial charge in [0.25, 0.3) is 0 Å². The van der Waals surface area contributed by atoms with Crippen LogP contribution < -0.4 is 5.73 Å². The van der Waals surface area contributed by atoms with Crippen LogP contribution in [0.25, 0.3) is 0 Å². The van der Waals surface area contributed by atoms with Crippen molar-refractivity contribution in [3.8, 4) is 0 Å². The highest BCUT2D eigenvalue weighted by Gasteiger charge is 2.19. The first-order valence-corrected chi connectivity index (χ1v) is 7.10. The molecule has 2 aromatic rings. The summed E-state index contributed by atoms with van der Waals surface area (Å²) in [6.45, 7) is 6.74. The molecule has 1 aromatic carbocycles. The lowest BCUT2D eigenvalue weighted by atomic mass is 10.1. The normalized spacial score (nSPS) is 12.8. The van der Waals surface area contributed by atoms with Gasteiger partial charge in [-0.05, 0) is 19.4 Å². The fourth-order valence-electron chi connectivity index (χ4n) is 2.62. The van der Waals surface area contributed by atoms with Crippen LogP contribution >= 0.6 is 0 Å². The Bertz CT molecular complexity index is 533. The van der Waals surface area contributed by atoms with Crippen molar-refractivity contribution in [2.24, 2.45) is 12.8 Å². The van der Waals surface area contributed by atoms with Gasteiger partial charge in [-0.3, -0.25) is 9.58 Å². The van der Waals surface area contributed by atoms with Gasteiger partial charge < -0.3 is 5.73 Å². The molecule has 4 nitrogen and oxygen atoms in total. The van der Waals surface area contributed by atoms with Crippen molar-refractivity contribution in [3.63, 3.8) is 0 Å². The maximum absolute atomic E-state index is 5.78. The predicted octanol–water partition coefficient (Wildman–Crippen LogP) is 2.25. The van der Waals surface area contributed by atoms with Crippen LogP contribution in [0.5, 0.6) is 0 Å². The molecule has 1 unspecified atom stereocenters. The van der Waals surface area contributed by atoms with Crippen molar-refractivity contribution < 1.29 is 0 Å². The maximum Gasteiger partial charge on any atom is 0.0641 e. The van der Waals surface area contributed by atoms with Gasteiger partial charge in [0, 0.05) is 44.5 Å². The molecular weight excluding hydrogens is 248 g/mol. The summed E-state index contributed by atoms with van der Waals surface area (Å²) in [5, 5.41) is 4.44. The third kappa shape index (κ3) is 3.46. The quantitative estimate of drug-likeness (QED) is 0.877. The summed E-state index contributed by atoms with van der Waals surface area (Å²) < 4.78 is 1.88. The number of benzene rings is 1. The smallest absolute Gasteiger partial charge is 0.0641 e. The summed E-state index contributed by atoms with van der Waals surface area (Å²) in [4.78, 5) is 2.40. The Balaban J connectivity index is 2.17. The van der Waals surface area contributed by atoms with Gasteiger partial charge in [-0.1, -0.05) is 30.3 Å². The Hall–Kier alpha value is -1.65. The summed E-state index contributed by atoms with van der Waals surface area (Å²) in [5.41, 5.74) is 9.46. The standard InChI is InChI=1S/C16H24N4/c1-13-16(12-19(3)18-13)14(2)20(10-9-17)11-15-7-5-4-6-8-15/h4-8,12,14H,9-11,17H2,1-3H3. The van der Waals surface area contributed by atoms with E-state index < -0.39 is 0 Å². The zero-order valence-corrected chi connectivity index (χ0v) is 12.6. The molecule has 4 heteroatoms. The van der Waals surface area contributed by atoms with Crippen LogP contribution in [0.1, 0.15) is 29.8 Å². The highest BCUT2D eigenvalue weighted by molar-refractivity contribution is 5.21. The van der Waals surface area contributed by atoms with Crippen LogP contribution in [-0.2, 0) is 13.6 Å². The van der Waals surface area contributed by atoms with E-state index in [0.717, 1.165) is 18.8 Å². The number of hydrogen-bond donors (Lipinski definition) is 1. The molecular formula is C16H24N4. The maximum atomic E-state index is 5.78. The molecule has 0 aliphatic heterocycles. The van der Waals surface area contributed by atoms with E-state index in [4.69, 9.17) is 5.73 Å². The van der Waals surface area contributed by atoms with E-state index in [1.807, 2.05) is 17.8 Å². The molecule has 1 atom stereocenters. The summed E-state index contributed by atoms with van der Waals surface area (Å²) in [6, 6.07) is 10.8. The number of rotatable bonds is 6. The monoisotopic (exact) mass is 272 g/mol. The molecule has 108 valence electrons. The van der Waals surface area contributed by atoms with E-state index in [9.17, 15) is 0 Å². The molecule has 0 fully saturated rings. The number of hydrogen-bond acceptors (Lipinski definition) is 3. The largest absolute Gasteiger partial charge is 0.329 e. The Morgan fingerprint density at radius 2 is 2.00 bits per heavy atom. The second-order valence-electron chi connectivity index (χ2n) is 5.26. The molecule has 0 spiro atoms. The molecule has 0 saturated carbocycles. The predicted molar refractivity (Wildman–Crippen MR) is 82.3 cm³/mol. The Labute approximate surface area is 121 Å². The minimum Gasteiger partial charge on any atom is -0.329 e. The van der Waals surface area contributed by atoms with Crippen LogP contribution in [-0.4, -0.2) is 27.8 Å². The molecule has 0 bridgehead atoms. The molecule has 0 amide bonds. The Kier molecular flexibility index (Phi) is 4.93. The Morgan fingerprint density at radius 3 is 2.55 bits per heavy atom. The molecule has 1 heterocycles. The van der Waals surface area contributed by atoms with Crippen LogP contribution in [0.4, 0.5) is 0 Å². The highest BCUT2D eigenvalue weighted by atomic mass is 15.3. The zero-order chi connectivity index (χ0) is 14.5. The average Bonchev–Trinajstić information content (AvgIpc) is 2.77. The molecule has 2 rings (SSSR count). The van der Waals surface area contributed by atoms with Gasteiger partial charge in [0.15, 0.2) is 0 Å². The second-order valence-corrected chi connectivity index (χ2v) is 5.26. The molecule has 2 N–H and O–H groups in total. The lowest BCUT2D eigenvalue weighted by Gasteiger charge is -2.28. The number of aromatic nitrogens is 2. The van der Waals surface area contributed by atoms with E-state index in [1.165, 1.54) is 11.1 Å². The molecule has 0 aliphatic rings. The molecule has 0 radical (unpaired) electrons. The van der Waals surface area contributed by atoms with E-state index in [0.29, 0.717) is 12.6 Å². The van der Waals surface area contributed by atoms with E-state index in [2.05, 4.69) is 54.3 Å². The topological polar surface area (TPSA) is 47.1 Å². The first-order valence-electron chi connectivity index (χ1n) is 7.10. The van der Waals surface area contributed by atoms with Crippen molar-refractivity contribution in [2.45, 2.75) is 26.4 Å². The van der Waals surface area contributed by atoms with Crippen LogP contribution in [0.2, 0.25) is 0 Å². The Morgan fingerprint density at radius 1 is 1.30 bits per heavy atom. The molecule has 20 heavy (non-hydrogen) atoms. The van der Waals surface area contributed by atoms with Gasteiger partial charge in [0.05, 0.1) is 5.69 Å². The fraction of sp³-hybridized carbons (Fsp3) is 0.438. The number of aryl methyl sites for hydroxylation is 2. The van der Waals surface area contributed by atoms with Gasteiger partial charge in [-0.15, -0.1) is 0 Å². The molecule has 0 saturated heterocycles. The molecule has 0 aliphatic carbocycles. The van der Waals surface area contributed by atoms with Gasteiger partial charge in [-0.2, -0.15) is 5.10 Å². The van der Waals surface area contributed by atoms with Crippen molar-refractivity contribution in [3.05, 3.63) is 53.3 Å². The minimum atomic E-state index is 0.312. The van der Waals surface area contributed by atoms with Crippen molar-refractivity contribution in [2.75, 3.05) is 13.1 Å². The second kappa shape index (κ2) is 6.68. The zero-order valence-electron chi connectivity index (χ0n) is 12.6. The van der Waals surface area contributed by atoms with Crippen LogP contribution in [0.3, 0.4) is 0 Å². The fourth-order valence-corrected chi connectivity index (χ4v) is 2.62. The summed E-state index contributed by atoms with van der Waals surface area (Å²) in [7, 11) is 1.97. The minimum absolute atomic E-state index is 0.312.